The summed E-state index contributed by atoms with van der Waals surface area (Å²) in [6.45, 7) is 3.59. The maximum atomic E-state index is 13.2. The van der Waals surface area contributed by atoms with Gasteiger partial charge in [0.2, 0.25) is 0 Å². The third-order valence-electron chi connectivity index (χ3n) is 4.82. The van der Waals surface area contributed by atoms with Gasteiger partial charge in [-0.2, -0.15) is 0 Å². The third kappa shape index (κ3) is 3.75. The number of phenols is 1. The number of hydrogen-bond acceptors (Lipinski definition) is 4. The maximum absolute atomic E-state index is 13.2. The molecular formula is C22H21NO3S. The Morgan fingerprint density at radius 1 is 1.19 bits per heavy atom. The van der Waals surface area contributed by atoms with Crippen LogP contribution in [0.25, 0.3) is 11.1 Å². The molecule has 1 amide bonds. The molecule has 5 heteroatoms. The first-order chi connectivity index (χ1) is 13.1. The van der Waals surface area contributed by atoms with Gasteiger partial charge in [-0.1, -0.05) is 42.0 Å². The van der Waals surface area contributed by atoms with Crippen LogP contribution in [0.2, 0.25) is 0 Å². The van der Waals surface area contributed by atoms with E-state index in [-0.39, 0.29) is 17.8 Å². The van der Waals surface area contributed by atoms with Crippen LogP contribution in [0.5, 0.6) is 5.75 Å². The van der Waals surface area contributed by atoms with E-state index in [0.29, 0.717) is 19.7 Å². The number of aromatic hydroxyl groups is 1. The van der Waals surface area contributed by atoms with Crippen LogP contribution in [-0.2, 0) is 4.74 Å². The van der Waals surface area contributed by atoms with Gasteiger partial charge in [-0.15, -0.1) is 11.3 Å². The van der Waals surface area contributed by atoms with Gasteiger partial charge in [-0.05, 0) is 41.6 Å². The highest BCUT2D eigenvalue weighted by Crippen LogP contribution is 2.32. The van der Waals surface area contributed by atoms with Crippen molar-refractivity contribution < 1.29 is 14.6 Å². The van der Waals surface area contributed by atoms with Gasteiger partial charge in [-0.25, -0.2) is 0 Å². The van der Waals surface area contributed by atoms with E-state index in [1.165, 1.54) is 16.9 Å². The number of thiophene rings is 1. The van der Waals surface area contributed by atoms with Crippen LogP contribution in [-0.4, -0.2) is 35.6 Å². The van der Waals surface area contributed by atoms with E-state index in [1.54, 1.807) is 18.2 Å². The number of phenolic OH excluding ortho intramolecular Hbond substituents is 1. The van der Waals surface area contributed by atoms with Crippen molar-refractivity contribution in [2.45, 2.75) is 13.0 Å². The minimum absolute atomic E-state index is 0.0361. The van der Waals surface area contributed by atoms with Gasteiger partial charge in [0.05, 0.1) is 18.0 Å². The van der Waals surface area contributed by atoms with Crippen LogP contribution >= 0.6 is 11.3 Å². The molecule has 2 aromatic carbocycles. The first-order valence-corrected chi connectivity index (χ1v) is 9.84. The fourth-order valence-corrected chi connectivity index (χ4v) is 4.22. The molecule has 1 fully saturated rings. The van der Waals surface area contributed by atoms with E-state index < -0.39 is 0 Å². The largest absolute Gasteiger partial charge is 0.508 e. The second kappa shape index (κ2) is 7.55. The molecule has 0 bridgehead atoms. The molecule has 1 N–H and O–H groups in total. The summed E-state index contributed by atoms with van der Waals surface area (Å²) < 4.78 is 5.84. The topological polar surface area (TPSA) is 49.8 Å². The summed E-state index contributed by atoms with van der Waals surface area (Å²) in [5.74, 6) is 0.244. The fraction of sp³-hybridized carbons (Fsp3) is 0.227. The van der Waals surface area contributed by atoms with Crippen molar-refractivity contribution in [3.63, 3.8) is 0 Å². The van der Waals surface area contributed by atoms with Crippen LogP contribution in [0.1, 0.15) is 26.9 Å². The van der Waals surface area contributed by atoms with E-state index >= 15 is 0 Å². The van der Waals surface area contributed by atoms with Crippen LogP contribution in [0, 0.1) is 6.92 Å². The zero-order valence-corrected chi connectivity index (χ0v) is 15.9. The second-order valence-corrected chi connectivity index (χ2v) is 7.65. The number of morpholine rings is 1. The first-order valence-electron chi connectivity index (χ1n) is 8.96. The molecule has 1 unspecified atom stereocenters. The van der Waals surface area contributed by atoms with Gasteiger partial charge in [0, 0.05) is 12.1 Å². The molecule has 138 valence electrons. The fourth-order valence-electron chi connectivity index (χ4n) is 3.34. The molecule has 3 aromatic rings. The van der Waals surface area contributed by atoms with Gasteiger partial charge in [0.25, 0.3) is 5.91 Å². The van der Waals surface area contributed by atoms with Crippen LogP contribution in [0.15, 0.2) is 60.0 Å². The number of amides is 1. The predicted molar refractivity (Wildman–Crippen MR) is 107 cm³/mol. The first kappa shape index (κ1) is 17.8. The summed E-state index contributed by atoms with van der Waals surface area (Å²) in [4.78, 5) is 15.8. The van der Waals surface area contributed by atoms with E-state index in [9.17, 15) is 9.90 Å². The van der Waals surface area contributed by atoms with Gasteiger partial charge in [0.15, 0.2) is 0 Å². The number of ether oxygens (including phenoxy) is 1. The molecule has 0 spiro atoms. The molecule has 1 aromatic heterocycles. The molecule has 4 rings (SSSR count). The highest BCUT2D eigenvalue weighted by atomic mass is 32.1. The Bertz CT molecular complexity index is 948. The van der Waals surface area contributed by atoms with E-state index in [4.69, 9.17) is 4.74 Å². The maximum Gasteiger partial charge on any atom is 0.264 e. The molecule has 27 heavy (non-hydrogen) atoms. The highest BCUT2D eigenvalue weighted by molar-refractivity contribution is 7.12. The van der Waals surface area contributed by atoms with E-state index in [2.05, 4.69) is 31.2 Å². The van der Waals surface area contributed by atoms with Gasteiger partial charge in [-0.3, -0.25) is 4.79 Å². The van der Waals surface area contributed by atoms with Gasteiger partial charge < -0.3 is 14.7 Å². The molecule has 1 atom stereocenters. The SMILES string of the molecule is Cc1ccc(-c2ccsc2C(=O)N2CCOC(c3cccc(O)c3)C2)cc1. The number of hydrogen-bond donors (Lipinski definition) is 1. The lowest BCUT2D eigenvalue weighted by molar-refractivity contribution is -0.0227. The molecule has 1 aliphatic heterocycles. The van der Waals surface area contributed by atoms with Gasteiger partial charge >= 0.3 is 0 Å². The Morgan fingerprint density at radius 3 is 2.78 bits per heavy atom. The quantitative estimate of drug-likeness (QED) is 0.721. The third-order valence-corrected chi connectivity index (χ3v) is 5.72. The molecule has 2 heterocycles. The number of rotatable bonds is 3. The second-order valence-electron chi connectivity index (χ2n) is 6.74. The van der Waals surface area contributed by atoms with Crippen molar-refractivity contribution in [2.24, 2.45) is 0 Å². The van der Waals surface area contributed by atoms with Crippen LogP contribution < -0.4 is 0 Å². The monoisotopic (exact) mass is 379 g/mol. The molecule has 0 radical (unpaired) electrons. The Balaban J connectivity index is 1.56. The number of aryl methyl sites for hydroxylation is 1. The minimum atomic E-state index is -0.224. The average molecular weight is 379 g/mol. The molecule has 0 aliphatic carbocycles. The summed E-state index contributed by atoms with van der Waals surface area (Å²) in [6.07, 6.45) is -0.224. The Kier molecular flexibility index (Phi) is 4.97. The minimum Gasteiger partial charge on any atom is -0.508 e. The predicted octanol–water partition coefficient (Wildman–Crippen LogP) is 4.64. The highest BCUT2D eigenvalue weighted by Gasteiger charge is 2.28. The lowest BCUT2D eigenvalue weighted by Gasteiger charge is -2.33. The number of carbonyl (C=O) groups is 1. The van der Waals surface area contributed by atoms with Crippen molar-refractivity contribution >= 4 is 17.2 Å². The molecule has 1 aliphatic rings. The van der Waals surface area contributed by atoms with Crippen molar-refractivity contribution in [1.29, 1.82) is 0 Å². The Morgan fingerprint density at radius 2 is 2.00 bits per heavy atom. The zero-order valence-electron chi connectivity index (χ0n) is 15.1. The van der Waals surface area contributed by atoms with E-state index in [1.807, 2.05) is 22.4 Å². The molecular weight excluding hydrogens is 358 g/mol. The van der Waals surface area contributed by atoms with Crippen LogP contribution in [0.4, 0.5) is 0 Å². The lowest BCUT2D eigenvalue weighted by Crippen LogP contribution is -2.42. The normalized spacial score (nSPS) is 17.1. The van der Waals surface area contributed by atoms with Crippen molar-refractivity contribution in [3.8, 4) is 16.9 Å². The number of benzene rings is 2. The summed E-state index contributed by atoms with van der Waals surface area (Å²) in [5, 5.41) is 11.7. The smallest absolute Gasteiger partial charge is 0.264 e. The van der Waals surface area contributed by atoms with Crippen molar-refractivity contribution in [2.75, 3.05) is 19.7 Å². The summed E-state index contributed by atoms with van der Waals surface area (Å²) in [7, 11) is 0. The van der Waals surface area contributed by atoms with E-state index in [0.717, 1.165) is 21.6 Å². The summed E-state index contributed by atoms with van der Waals surface area (Å²) >= 11 is 1.48. The van der Waals surface area contributed by atoms with Crippen LogP contribution in [0.3, 0.4) is 0 Å². The molecule has 4 nitrogen and oxygen atoms in total. The summed E-state index contributed by atoms with van der Waals surface area (Å²) in [5.41, 5.74) is 4.12. The van der Waals surface area contributed by atoms with Crippen molar-refractivity contribution in [3.05, 3.63) is 76.0 Å². The van der Waals surface area contributed by atoms with Gasteiger partial charge in [0.1, 0.15) is 11.9 Å². The standard InChI is InChI=1S/C22H21NO3S/c1-15-5-7-16(8-6-15)19-9-12-27-21(19)22(25)23-10-11-26-20(14-23)17-3-2-4-18(24)13-17/h2-9,12-13,20,24H,10-11,14H2,1H3. The number of nitrogens with zero attached hydrogens (tertiary/aromatic N) is 1. The lowest BCUT2D eigenvalue weighted by atomic mass is 10.0. The summed E-state index contributed by atoms with van der Waals surface area (Å²) in [6, 6.07) is 17.3. The average Bonchev–Trinajstić information content (AvgIpc) is 3.18. The molecule has 1 saturated heterocycles. The molecule has 0 saturated carbocycles. The van der Waals surface area contributed by atoms with Crippen molar-refractivity contribution in [1.82, 2.24) is 4.90 Å². The Hall–Kier alpha value is -2.63. The Labute approximate surface area is 162 Å². The number of carbonyl (C=O) groups excluding carboxylic acids is 1. The zero-order chi connectivity index (χ0) is 18.8.